The molecule has 18 heavy (non-hydrogen) atoms. The van der Waals surface area contributed by atoms with Gasteiger partial charge in [0.15, 0.2) is 0 Å². The molecular formula is C13H17N3O2. The average molecular weight is 247 g/mol. The van der Waals surface area contributed by atoms with Crippen molar-refractivity contribution in [2.45, 2.75) is 12.8 Å². The van der Waals surface area contributed by atoms with Crippen molar-refractivity contribution >= 4 is 0 Å². The van der Waals surface area contributed by atoms with Crippen molar-refractivity contribution in [3.8, 4) is 17.3 Å². The van der Waals surface area contributed by atoms with E-state index in [1.807, 2.05) is 6.07 Å². The van der Waals surface area contributed by atoms with E-state index in [1.54, 1.807) is 36.2 Å². The Morgan fingerprint density at radius 1 is 1.44 bits per heavy atom. The van der Waals surface area contributed by atoms with Gasteiger partial charge in [0, 0.05) is 11.6 Å². The molecule has 0 radical (unpaired) electrons. The Bertz CT molecular complexity index is 523. The highest BCUT2D eigenvalue weighted by atomic mass is 16.5. The largest absolute Gasteiger partial charge is 0.508 e. The number of aromatic hydroxyl groups is 1. The van der Waals surface area contributed by atoms with Crippen LogP contribution >= 0.6 is 0 Å². The Morgan fingerprint density at radius 3 is 2.94 bits per heavy atom. The standard InChI is InChI=1S/C13H17N3O2/c1-18-13-10(4-3-7-14)9-15-16(13)11-5-2-6-12(17)8-11/h2,5-6,8-9,17H,3-4,7,14H2,1H3. The molecule has 0 saturated heterocycles. The van der Waals surface area contributed by atoms with E-state index < -0.39 is 0 Å². The SMILES string of the molecule is COc1c(CCCN)cnn1-c1cccc(O)c1. The van der Waals surface area contributed by atoms with Gasteiger partial charge in [0.1, 0.15) is 5.75 Å². The molecule has 0 saturated carbocycles. The van der Waals surface area contributed by atoms with Gasteiger partial charge in [0.05, 0.1) is 19.0 Å². The Labute approximate surface area is 106 Å². The van der Waals surface area contributed by atoms with E-state index >= 15 is 0 Å². The first-order chi connectivity index (χ1) is 8.76. The molecule has 5 heteroatoms. The Kier molecular flexibility index (Phi) is 3.84. The maximum atomic E-state index is 9.49. The van der Waals surface area contributed by atoms with Crippen LogP contribution in [0.3, 0.4) is 0 Å². The molecule has 1 heterocycles. The number of aromatic nitrogens is 2. The third-order valence-electron chi connectivity index (χ3n) is 2.71. The molecule has 0 fully saturated rings. The smallest absolute Gasteiger partial charge is 0.219 e. The molecule has 1 aromatic heterocycles. The van der Waals surface area contributed by atoms with Crippen LogP contribution < -0.4 is 10.5 Å². The number of methoxy groups -OCH3 is 1. The van der Waals surface area contributed by atoms with Crippen LogP contribution in [0.4, 0.5) is 0 Å². The maximum absolute atomic E-state index is 9.49. The zero-order valence-electron chi connectivity index (χ0n) is 10.3. The lowest BCUT2D eigenvalue weighted by Crippen LogP contribution is -2.03. The topological polar surface area (TPSA) is 73.3 Å². The molecule has 0 unspecified atom stereocenters. The van der Waals surface area contributed by atoms with E-state index in [-0.39, 0.29) is 5.75 Å². The Balaban J connectivity index is 2.36. The molecule has 2 aromatic rings. The fraction of sp³-hybridized carbons (Fsp3) is 0.308. The first kappa shape index (κ1) is 12.4. The third-order valence-corrected chi connectivity index (χ3v) is 2.71. The number of rotatable bonds is 5. The molecule has 0 aliphatic heterocycles. The van der Waals surface area contributed by atoms with Crippen molar-refractivity contribution in [1.29, 1.82) is 0 Å². The summed E-state index contributed by atoms with van der Waals surface area (Å²) in [7, 11) is 1.61. The van der Waals surface area contributed by atoms with Gasteiger partial charge in [0.25, 0.3) is 0 Å². The molecule has 0 bridgehead atoms. The lowest BCUT2D eigenvalue weighted by molar-refractivity contribution is 0.378. The van der Waals surface area contributed by atoms with Gasteiger partial charge < -0.3 is 15.6 Å². The molecule has 0 spiro atoms. The van der Waals surface area contributed by atoms with Gasteiger partial charge in [-0.2, -0.15) is 5.10 Å². The minimum Gasteiger partial charge on any atom is -0.508 e. The summed E-state index contributed by atoms with van der Waals surface area (Å²) in [4.78, 5) is 0. The van der Waals surface area contributed by atoms with Crippen LogP contribution in [0.25, 0.3) is 5.69 Å². The number of benzene rings is 1. The zero-order valence-corrected chi connectivity index (χ0v) is 10.3. The van der Waals surface area contributed by atoms with Crippen LogP contribution in [0.2, 0.25) is 0 Å². The van der Waals surface area contributed by atoms with Gasteiger partial charge in [-0.15, -0.1) is 0 Å². The number of hydrogen-bond acceptors (Lipinski definition) is 4. The average Bonchev–Trinajstić information content (AvgIpc) is 2.79. The van der Waals surface area contributed by atoms with Crippen LogP contribution in [0.15, 0.2) is 30.5 Å². The van der Waals surface area contributed by atoms with E-state index in [0.717, 1.165) is 24.1 Å². The van der Waals surface area contributed by atoms with E-state index in [4.69, 9.17) is 10.5 Å². The summed E-state index contributed by atoms with van der Waals surface area (Å²) in [6.45, 7) is 0.639. The highest BCUT2D eigenvalue weighted by Crippen LogP contribution is 2.25. The number of phenolic OH excluding ortho intramolecular Hbond substituents is 1. The van der Waals surface area contributed by atoms with E-state index in [9.17, 15) is 5.11 Å². The number of nitrogens with two attached hydrogens (primary N) is 1. The summed E-state index contributed by atoms with van der Waals surface area (Å²) in [5.41, 5.74) is 7.29. The number of hydrogen-bond donors (Lipinski definition) is 2. The van der Waals surface area contributed by atoms with Crippen molar-refractivity contribution in [1.82, 2.24) is 9.78 Å². The maximum Gasteiger partial charge on any atom is 0.219 e. The van der Waals surface area contributed by atoms with Crippen LogP contribution in [0, 0.1) is 0 Å². The summed E-state index contributed by atoms with van der Waals surface area (Å²) in [5.74, 6) is 0.891. The lowest BCUT2D eigenvalue weighted by Gasteiger charge is -2.08. The van der Waals surface area contributed by atoms with Crippen molar-refractivity contribution in [2.75, 3.05) is 13.7 Å². The fourth-order valence-electron chi connectivity index (χ4n) is 1.86. The molecule has 0 aliphatic rings. The first-order valence-electron chi connectivity index (χ1n) is 5.86. The van der Waals surface area contributed by atoms with Crippen LogP contribution in [0.5, 0.6) is 11.6 Å². The highest BCUT2D eigenvalue weighted by molar-refractivity contribution is 5.42. The normalized spacial score (nSPS) is 10.6. The van der Waals surface area contributed by atoms with Gasteiger partial charge in [-0.3, -0.25) is 0 Å². The zero-order chi connectivity index (χ0) is 13.0. The summed E-state index contributed by atoms with van der Waals surface area (Å²) >= 11 is 0. The first-order valence-corrected chi connectivity index (χ1v) is 5.86. The van der Waals surface area contributed by atoms with Crippen molar-refractivity contribution in [3.05, 3.63) is 36.0 Å². The minimum atomic E-state index is 0.202. The molecular weight excluding hydrogens is 230 g/mol. The number of ether oxygens (including phenoxy) is 1. The highest BCUT2D eigenvalue weighted by Gasteiger charge is 2.12. The Hall–Kier alpha value is -2.01. The quantitative estimate of drug-likeness (QED) is 0.839. The van der Waals surface area contributed by atoms with Crippen molar-refractivity contribution in [3.63, 3.8) is 0 Å². The second-order valence-electron chi connectivity index (χ2n) is 4.00. The van der Waals surface area contributed by atoms with Gasteiger partial charge in [-0.05, 0) is 31.5 Å². The lowest BCUT2D eigenvalue weighted by atomic mass is 10.2. The minimum absolute atomic E-state index is 0.202. The molecule has 1 aromatic carbocycles. The van der Waals surface area contributed by atoms with E-state index in [0.29, 0.717) is 12.4 Å². The van der Waals surface area contributed by atoms with Gasteiger partial charge >= 0.3 is 0 Å². The number of phenols is 1. The van der Waals surface area contributed by atoms with Crippen LogP contribution in [0.1, 0.15) is 12.0 Å². The van der Waals surface area contributed by atoms with Gasteiger partial charge in [0.2, 0.25) is 5.88 Å². The predicted octanol–water partition coefficient (Wildman–Crippen LogP) is 1.48. The molecule has 0 amide bonds. The Morgan fingerprint density at radius 2 is 2.28 bits per heavy atom. The summed E-state index contributed by atoms with van der Waals surface area (Å²) in [6, 6.07) is 6.89. The van der Waals surface area contributed by atoms with Crippen molar-refractivity contribution < 1.29 is 9.84 Å². The fourth-order valence-corrected chi connectivity index (χ4v) is 1.86. The molecule has 5 nitrogen and oxygen atoms in total. The predicted molar refractivity (Wildman–Crippen MR) is 69.2 cm³/mol. The molecule has 0 atom stereocenters. The second-order valence-corrected chi connectivity index (χ2v) is 4.00. The van der Waals surface area contributed by atoms with Gasteiger partial charge in [-0.25, -0.2) is 4.68 Å². The summed E-state index contributed by atoms with van der Waals surface area (Å²) in [6.07, 6.45) is 3.50. The van der Waals surface area contributed by atoms with Gasteiger partial charge in [-0.1, -0.05) is 6.07 Å². The molecule has 0 aliphatic carbocycles. The summed E-state index contributed by atoms with van der Waals surface area (Å²) in [5, 5.41) is 13.8. The number of nitrogens with zero attached hydrogens (tertiary/aromatic N) is 2. The van der Waals surface area contributed by atoms with Crippen molar-refractivity contribution in [2.24, 2.45) is 5.73 Å². The molecule has 96 valence electrons. The molecule has 3 N–H and O–H groups in total. The number of aryl methyl sites for hydroxylation is 1. The second kappa shape index (κ2) is 5.55. The van der Waals surface area contributed by atoms with Crippen LogP contribution in [-0.4, -0.2) is 28.5 Å². The monoisotopic (exact) mass is 247 g/mol. The summed E-state index contributed by atoms with van der Waals surface area (Å²) < 4.78 is 7.06. The van der Waals surface area contributed by atoms with E-state index in [2.05, 4.69) is 5.10 Å². The van der Waals surface area contributed by atoms with E-state index in [1.165, 1.54) is 0 Å². The third kappa shape index (κ3) is 2.46. The van der Waals surface area contributed by atoms with Crippen LogP contribution in [-0.2, 0) is 6.42 Å². The molecule has 2 rings (SSSR count).